The van der Waals surface area contributed by atoms with E-state index in [1.807, 2.05) is 12.3 Å². The Balaban J connectivity index is 2.80. The van der Waals surface area contributed by atoms with Crippen LogP contribution < -0.4 is 0 Å². The topological polar surface area (TPSA) is 43.1 Å². The van der Waals surface area contributed by atoms with Gasteiger partial charge in [0, 0.05) is 16.2 Å². The summed E-state index contributed by atoms with van der Waals surface area (Å²) in [6, 6.07) is 3.41. The van der Waals surface area contributed by atoms with Gasteiger partial charge in [-0.1, -0.05) is 0 Å². The molecule has 14 heavy (non-hydrogen) atoms. The van der Waals surface area contributed by atoms with Crippen molar-refractivity contribution in [3.63, 3.8) is 0 Å². The summed E-state index contributed by atoms with van der Waals surface area (Å²) in [5.74, 6) is 0. The summed E-state index contributed by atoms with van der Waals surface area (Å²) in [5, 5.41) is 13.6. The fraction of sp³-hybridized carbons (Fsp3) is 0.111. The van der Waals surface area contributed by atoms with E-state index in [0.29, 0.717) is 4.47 Å². The first kappa shape index (κ1) is 9.61. The number of aryl methyl sites for hydroxylation is 1. The summed E-state index contributed by atoms with van der Waals surface area (Å²) in [5.41, 5.74) is 1.21. The monoisotopic (exact) mass is 271 g/mol. The highest BCUT2D eigenvalue weighted by molar-refractivity contribution is 9.10. The highest BCUT2D eigenvalue weighted by atomic mass is 79.9. The first-order valence-corrected chi connectivity index (χ1v) is 5.58. The van der Waals surface area contributed by atoms with E-state index in [0.717, 1.165) is 15.6 Å². The van der Waals surface area contributed by atoms with E-state index in [2.05, 4.69) is 15.9 Å². The predicted molar refractivity (Wildman–Crippen MR) is 60.9 cm³/mol. The van der Waals surface area contributed by atoms with Crippen LogP contribution in [0.2, 0.25) is 0 Å². The van der Waals surface area contributed by atoms with E-state index < -0.39 is 0 Å². The molecule has 3 nitrogen and oxygen atoms in total. The van der Waals surface area contributed by atoms with Crippen LogP contribution in [0.25, 0.3) is 10.1 Å². The van der Waals surface area contributed by atoms with Crippen LogP contribution in [0, 0.1) is 17.0 Å². The van der Waals surface area contributed by atoms with E-state index in [4.69, 9.17) is 0 Å². The van der Waals surface area contributed by atoms with Gasteiger partial charge in [0.15, 0.2) is 0 Å². The molecule has 0 radical (unpaired) electrons. The Morgan fingerprint density at radius 3 is 2.86 bits per heavy atom. The average Bonchev–Trinajstić information content (AvgIpc) is 2.46. The van der Waals surface area contributed by atoms with Gasteiger partial charge in [0.1, 0.15) is 0 Å². The Labute approximate surface area is 92.6 Å². The molecule has 0 aliphatic carbocycles. The molecule has 5 heteroatoms. The summed E-state index contributed by atoms with van der Waals surface area (Å²) in [6.45, 7) is 1.95. The molecule has 0 saturated heterocycles. The van der Waals surface area contributed by atoms with Crippen LogP contribution >= 0.6 is 27.3 Å². The van der Waals surface area contributed by atoms with Gasteiger partial charge in [0.05, 0.1) is 9.40 Å². The predicted octanol–water partition coefficient (Wildman–Crippen LogP) is 3.88. The zero-order valence-corrected chi connectivity index (χ0v) is 9.68. The zero-order chi connectivity index (χ0) is 10.3. The molecule has 2 rings (SSSR count). The molecular formula is C9H6BrNO2S. The highest BCUT2D eigenvalue weighted by Crippen LogP contribution is 2.34. The Hall–Kier alpha value is -0.940. The number of thiophene rings is 1. The van der Waals surface area contributed by atoms with Crippen molar-refractivity contribution in [2.24, 2.45) is 0 Å². The van der Waals surface area contributed by atoms with Crippen LogP contribution in [0.3, 0.4) is 0 Å². The van der Waals surface area contributed by atoms with Crippen molar-refractivity contribution < 1.29 is 4.92 Å². The molecule has 1 aromatic carbocycles. The minimum Gasteiger partial charge on any atom is -0.258 e. The lowest BCUT2D eigenvalue weighted by atomic mass is 10.2. The van der Waals surface area contributed by atoms with Crippen LogP contribution in [-0.2, 0) is 0 Å². The summed E-state index contributed by atoms with van der Waals surface area (Å²) in [7, 11) is 0. The molecule has 1 heterocycles. The van der Waals surface area contributed by atoms with Gasteiger partial charge in [0.2, 0.25) is 0 Å². The molecule has 0 bridgehead atoms. The molecule has 0 unspecified atom stereocenters. The van der Waals surface area contributed by atoms with Crippen molar-refractivity contribution in [1.82, 2.24) is 0 Å². The van der Waals surface area contributed by atoms with Crippen LogP contribution in [0.15, 0.2) is 22.0 Å². The maximum absolute atomic E-state index is 10.7. The number of nitro benzene ring substituents is 1. The summed E-state index contributed by atoms with van der Waals surface area (Å²) in [4.78, 5) is 10.3. The number of nitrogens with zero attached hydrogens (tertiary/aromatic N) is 1. The van der Waals surface area contributed by atoms with Gasteiger partial charge in [-0.05, 0) is 39.9 Å². The van der Waals surface area contributed by atoms with Crippen molar-refractivity contribution in [1.29, 1.82) is 0 Å². The minimum atomic E-state index is -0.374. The zero-order valence-electron chi connectivity index (χ0n) is 7.28. The second-order valence-electron chi connectivity index (χ2n) is 2.98. The Bertz CT molecular complexity index is 521. The third-order valence-corrected chi connectivity index (χ3v) is 3.73. The smallest absolute Gasteiger partial charge is 0.258 e. The third kappa shape index (κ3) is 1.42. The quantitative estimate of drug-likeness (QED) is 0.584. The number of hydrogen-bond acceptors (Lipinski definition) is 3. The van der Waals surface area contributed by atoms with E-state index in [-0.39, 0.29) is 10.6 Å². The van der Waals surface area contributed by atoms with Crippen LogP contribution in [0.5, 0.6) is 0 Å². The highest BCUT2D eigenvalue weighted by Gasteiger charge is 2.14. The fourth-order valence-electron chi connectivity index (χ4n) is 1.30. The Morgan fingerprint density at radius 1 is 1.50 bits per heavy atom. The SMILES string of the molecule is Cc1csc2cc(Br)c([N+](=O)[O-])cc12. The molecule has 1 aromatic heterocycles. The number of hydrogen-bond donors (Lipinski definition) is 0. The van der Waals surface area contributed by atoms with E-state index in [9.17, 15) is 10.1 Å². The molecule has 0 saturated carbocycles. The lowest BCUT2D eigenvalue weighted by Gasteiger charge is -1.96. The molecular weight excluding hydrogens is 266 g/mol. The number of halogens is 1. The standard InChI is InChI=1S/C9H6BrNO2S/c1-5-4-14-9-3-7(10)8(11(12)13)2-6(5)9/h2-4H,1H3. The number of nitro groups is 1. The first-order chi connectivity index (χ1) is 6.59. The van der Waals surface area contributed by atoms with Crippen LogP contribution in [0.1, 0.15) is 5.56 Å². The second kappa shape index (κ2) is 3.33. The van der Waals surface area contributed by atoms with Crippen molar-refractivity contribution in [3.8, 4) is 0 Å². The molecule has 0 aliphatic rings. The van der Waals surface area contributed by atoms with E-state index >= 15 is 0 Å². The molecule has 0 atom stereocenters. The van der Waals surface area contributed by atoms with Gasteiger partial charge in [-0.2, -0.15) is 0 Å². The largest absolute Gasteiger partial charge is 0.284 e. The molecule has 2 aromatic rings. The van der Waals surface area contributed by atoms with Gasteiger partial charge >= 0.3 is 0 Å². The first-order valence-electron chi connectivity index (χ1n) is 3.91. The summed E-state index contributed by atoms with van der Waals surface area (Å²) < 4.78 is 1.61. The van der Waals surface area contributed by atoms with Crippen molar-refractivity contribution in [2.45, 2.75) is 6.92 Å². The van der Waals surface area contributed by atoms with Crippen molar-refractivity contribution >= 4 is 43.0 Å². The molecule has 0 N–H and O–H groups in total. The van der Waals surface area contributed by atoms with Gasteiger partial charge in [-0.3, -0.25) is 10.1 Å². The number of fused-ring (bicyclic) bond motifs is 1. The minimum absolute atomic E-state index is 0.124. The second-order valence-corrected chi connectivity index (χ2v) is 4.74. The molecule has 0 amide bonds. The molecule has 72 valence electrons. The van der Waals surface area contributed by atoms with Crippen LogP contribution in [-0.4, -0.2) is 4.92 Å². The summed E-state index contributed by atoms with van der Waals surface area (Å²) >= 11 is 4.79. The molecule has 0 spiro atoms. The lowest BCUT2D eigenvalue weighted by Crippen LogP contribution is -1.88. The lowest BCUT2D eigenvalue weighted by molar-refractivity contribution is -0.385. The van der Waals surface area contributed by atoms with Gasteiger partial charge in [-0.25, -0.2) is 0 Å². The maximum Gasteiger partial charge on any atom is 0.284 e. The molecule has 0 fully saturated rings. The number of rotatable bonds is 1. The van der Waals surface area contributed by atoms with Gasteiger partial charge < -0.3 is 0 Å². The maximum atomic E-state index is 10.7. The average molecular weight is 272 g/mol. The van der Waals surface area contributed by atoms with Gasteiger partial charge in [-0.15, -0.1) is 11.3 Å². The Morgan fingerprint density at radius 2 is 2.21 bits per heavy atom. The molecule has 0 aliphatic heterocycles. The summed E-state index contributed by atoms with van der Waals surface area (Å²) in [6.07, 6.45) is 0. The van der Waals surface area contributed by atoms with Gasteiger partial charge in [0.25, 0.3) is 5.69 Å². The van der Waals surface area contributed by atoms with Crippen LogP contribution in [0.4, 0.5) is 5.69 Å². The third-order valence-electron chi connectivity index (χ3n) is 2.03. The van der Waals surface area contributed by atoms with E-state index in [1.54, 1.807) is 23.5 Å². The Kier molecular flexibility index (Phi) is 2.28. The number of benzene rings is 1. The van der Waals surface area contributed by atoms with E-state index in [1.165, 1.54) is 0 Å². The van der Waals surface area contributed by atoms with Crippen molar-refractivity contribution in [2.75, 3.05) is 0 Å². The normalized spacial score (nSPS) is 10.7. The van der Waals surface area contributed by atoms with Crippen molar-refractivity contribution in [3.05, 3.63) is 37.7 Å². The fourth-order valence-corrected chi connectivity index (χ4v) is 2.91.